The van der Waals surface area contributed by atoms with Gasteiger partial charge < -0.3 is 9.64 Å². The monoisotopic (exact) mass is 232 g/mol. The molecule has 1 aromatic rings. The molecule has 1 saturated heterocycles. The van der Waals surface area contributed by atoms with Gasteiger partial charge in [0.05, 0.1) is 6.20 Å². The van der Waals surface area contributed by atoms with Crippen molar-refractivity contribution in [1.82, 2.24) is 9.88 Å². The summed E-state index contributed by atoms with van der Waals surface area (Å²) in [5.41, 5.74) is 1.15. The van der Waals surface area contributed by atoms with Crippen LogP contribution >= 0.6 is 0 Å². The molecule has 17 heavy (non-hydrogen) atoms. The van der Waals surface area contributed by atoms with Crippen LogP contribution in [0.2, 0.25) is 0 Å². The van der Waals surface area contributed by atoms with Crippen LogP contribution in [-0.4, -0.2) is 36.1 Å². The molecule has 1 aromatic heterocycles. The van der Waals surface area contributed by atoms with Crippen molar-refractivity contribution in [3.63, 3.8) is 0 Å². The van der Waals surface area contributed by atoms with Crippen molar-refractivity contribution in [3.8, 4) is 5.75 Å². The molecule has 1 aliphatic heterocycles. The molecule has 0 aromatic carbocycles. The fourth-order valence-corrected chi connectivity index (χ4v) is 2.20. The van der Waals surface area contributed by atoms with E-state index in [1.165, 1.54) is 19.4 Å². The number of likely N-dealkylation sites (tertiary alicyclic amines) is 1. The van der Waals surface area contributed by atoms with Crippen molar-refractivity contribution in [2.75, 3.05) is 20.2 Å². The van der Waals surface area contributed by atoms with Crippen LogP contribution in [0.15, 0.2) is 31.1 Å². The fourth-order valence-electron chi connectivity index (χ4n) is 2.20. The van der Waals surface area contributed by atoms with Gasteiger partial charge in [-0.2, -0.15) is 0 Å². The predicted octanol–water partition coefficient (Wildman–Crippen LogP) is 2.28. The maximum absolute atomic E-state index is 5.81. The van der Waals surface area contributed by atoms with Crippen molar-refractivity contribution in [1.29, 1.82) is 0 Å². The maximum Gasteiger partial charge on any atom is 0.137 e. The number of allylic oxidation sites excluding steroid dienone is 1. The van der Waals surface area contributed by atoms with E-state index in [0.717, 1.165) is 24.3 Å². The summed E-state index contributed by atoms with van der Waals surface area (Å²) < 4.78 is 5.81. The number of likely N-dealkylation sites (N-methyl/N-ethyl adjacent to an activating group) is 1. The summed E-state index contributed by atoms with van der Waals surface area (Å²) >= 11 is 0. The maximum atomic E-state index is 5.81. The van der Waals surface area contributed by atoms with Crippen molar-refractivity contribution in [2.45, 2.75) is 25.3 Å². The van der Waals surface area contributed by atoms with Gasteiger partial charge in [0.2, 0.25) is 0 Å². The second-order valence-electron chi connectivity index (χ2n) is 4.61. The fraction of sp³-hybridized carbons (Fsp3) is 0.500. The predicted molar refractivity (Wildman–Crippen MR) is 69.3 cm³/mol. The Morgan fingerprint density at radius 1 is 1.59 bits per heavy atom. The molecular weight excluding hydrogens is 212 g/mol. The highest BCUT2D eigenvalue weighted by Gasteiger charge is 2.21. The van der Waals surface area contributed by atoms with Gasteiger partial charge in [0.25, 0.3) is 0 Å². The molecule has 0 radical (unpaired) electrons. The van der Waals surface area contributed by atoms with E-state index in [-0.39, 0.29) is 0 Å². The van der Waals surface area contributed by atoms with E-state index in [0.29, 0.717) is 6.04 Å². The number of hydrogen-bond donors (Lipinski definition) is 0. The Hall–Kier alpha value is -1.35. The number of aromatic nitrogens is 1. The van der Waals surface area contributed by atoms with Crippen molar-refractivity contribution >= 4 is 0 Å². The Morgan fingerprint density at radius 3 is 3.18 bits per heavy atom. The van der Waals surface area contributed by atoms with Gasteiger partial charge in [-0.3, -0.25) is 4.98 Å². The summed E-state index contributed by atoms with van der Waals surface area (Å²) in [6.45, 7) is 5.67. The quantitative estimate of drug-likeness (QED) is 0.728. The van der Waals surface area contributed by atoms with Gasteiger partial charge in [-0.1, -0.05) is 6.08 Å². The zero-order valence-corrected chi connectivity index (χ0v) is 10.4. The molecule has 0 saturated carbocycles. The summed E-state index contributed by atoms with van der Waals surface area (Å²) in [6.07, 6.45) is 8.87. The lowest BCUT2D eigenvalue weighted by Gasteiger charge is -2.19. The third-order valence-corrected chi connectivity index (χ3v) is 3.26. The van der Waals surface area contributed by atoms with Crippen molar-refractivity contribution < 1.29 is 4.74 Å². The molecule has 3 heteroatoms. The highest BCUT2D eigenvalue weighted by Crippen LogP contribution is 2.17. The SMILES string of the molecule is C=CCc1cncc(OC[C@@H]2CCCN2C)c1. The topological polar surface area (TPSA) is 25.4 Å². The molecule has 1 fully saturated rings. The molecule has 0 unspecified atom stereocenters. The first kappa shape index (κ1) is 12.1. The normalized spacial score (nSPS) is 20.4. The van der Waals surface area contributed by atoms with E-state index in [4.69, 9.17) is 4.74 Å². The number of ether oxygens (including phenoxy) is 1. The Balaban J connectivity index is 1.89. The van der Waals surface area contributed by atoms with Gasteiger partial charge in [0.15, 0.2) is 0 Å². The van der Waals surface area contributed by atoms with Crippen LogP contribution < -0.4 is 4.74 Å². The van der Waals surface area contributed by atoms with Crippen LogP contribution in [0.1, 0.15) is 18.4 Å². The molecule has 0 bridgehead atoms. The number of hydrogen-bond acceptors (Lipinski definition) is 3. The molecule has 0 amide bonds. The van der Waals surface area contributed by atoms with Gasteiger partial charge in [-0.15, -0.1) is 6.58 Å². The molecule has 1 atom stereocenters. The average Bonchev–Trinajstić information content (AvgIpc) is 2.73. The van der Waals surface area contributed by atoms with Crippen LogP contribution in [0.3, 0.4) is 0 Å². The van der Waals surface area contributed by atoms with Crippen LogP contribution in [0, 0.1) is 0 Å². The van der Waals surface area contributed by atoms with E-state index in [9.17, 15) is 0 Å². The Kier molecular flexibility index (Phi) is 4.15. The highest BCUT2D eigenvalue weighted by molar-refractivity contribution is 5.24. The van der Waals surface area contributed by atoms with Gasteiger partial charge in [-0.05, 0) is 44.5 Å². The average molecular weight is 232 g/mol. The zero-order chi connectivity index (χ0) is 12.1. The Labute approximate surface area is 103 Å². The molecule has 3 nitrogen and oxygen atoms in total. The first-order valence-corrected chi connectivity index (χ1v) is 6.17. The van der Waals surface area contributed by atoms with Crippen molar-refractivity contribution in [2.24, 2.45) is 0 Å². The molecule has 0 N–H and O–H groups in total. The number of pyridine rings is 1. The van der Waals surface area contributed by atoms with E-state index in [2.05, 4.69) is 23.5 Å². The van der Waals surface area contributed by atoms with Crippen LogP contribution in [0.5, 0.6) is 5.75 Å². The second-order valence-corrected chi connectivity index (χ2v) is 4.61. The minimum Gasteiger partial charge on any atom is -0.490 e. The summed E-state index contributed by atoms with van der Waals surface area (Å²) in [5, 5.41) is 0. The first-order chi connectivity index (χ1) is 8.29. The minimum absolute atomic E-state index is 0.554. The third kappa shape index (κ3) is 3.30. The smallest absolute Gasteiger partial charge is 0.137 e. The van der Waals surface area contributed by atoms with E-state index >= 15 is 0 Å². The van der Waals surface area contributed by atoms with Gasteiger partial charge in [-0.25, -0.2) is 0 Å². The van der Waals surface area contributed by atoms with Gasteiger partial charge in [0, 0.05) is 12.2 Å². The summed E-state index contributed by atoms with van der Waals surface area (Å²) in [5.74, 6) is 0.865. The molecular formula is C14H20N2O. The molecule has 0 aliphatic carbocycles. The zero-order valence-electron chi connectivity index (χ0n) is 10.4. The molecule has 92 valence electrons. The lowest BCUT2D eigenvalue weighted by Crippen LogP contribution is -2.30. The van der Waals surface area contributed by atoms with Crippen LogP contribution in [0.25, 0.3) is 0 Å². The highest BCUT2D eigenvalue weighted by atomic mass is 16.5. The second kappa shape index (κ2) is 5.82. The van der Waals surface area contributed by atoms with Gasteiger partial charge >= 0.3 is 0 Å². The summed E-state index contributed by atoms with van der Waals surface area (Å²) in [4.78, 5) is 6.54. The lowest BCUT2D eigenvalue weighted by atomic mass is 10.2. The molecule has 0 spiro atoms. The van der Waals surface area contributed by atoms with Crippen LogP contribution in [0.4, 0.5) is 0 Å². The Bertz CT molecular complexity index is 378. The Morgan fingerprint density at radius 2 is 2.47 bits per heavy atom. The van der Waals surface area contributed by atoms with Gasteiger partial charge in [0.1, 0.15) is 12.4 Å². The molecule has 2 heterocycles. The van der Waals surface area contributed by atoms with E-state index in [1.807, 2.05) is 18.3 Å². The van der Waals surface area contributed by atoms with E-state index in [1.54, 1.807) is 6.20 Å². The van der Waals surface area contributed by atoms with E-state index < -0.39 is 0 Å². The third-order valence-electron chi connectivity index (χ3n) is 3.26. The molecule has 1 aliphatic rings. The summed E-state index contributed by atoms with van der Waals surface area (Å²) in [7, 11) is 2.16. The van der Waals surface area contributed by atoms with Crippen LogP contribution in [-0.2, 0) is 6.42 Å². The number of nitrogens with zero attached hydrogens (tertiary/aromatic N) is 2. The standard InChI is InChI=1S/C14H20N2O/c1-3-5-12-8-14(10-15-9-12)17-11-13-6-4-7-16(13)2/h3,8-10,13H,1,4-7,11H2,2H3/t13-/m0/s1. The first-order valence-electron chi connectivity index (χ1n) is 6.17. The lowest BCUT2D eigenvalue weighted by molar-refractivity contribution is 0.197. The molecule has 2 rings (SSSR count). The minimum atomic E-state index is 0.554. The largest absolute Gasteiger partial charge is 0.490 e. The summed E-state index contributed by atoms with van der Waals surface area (Å²) in [6, 6.07) is 2.60. The van der Waals surface area contributed by atoms with Crippen molar-refractivity contribution in [3.05, 3.63) is 36.7 Å². The number of rotatable bonds is 5.